The fraction of sp³-hybridized carbons (Fsp3) is 0.417. The second kappa shape index (κ2) is 9.20. The molecule has 6 heteroatoms. The quantitative estimate of drug-likeness (QED) is 0.809. The monoisotopic (exact) mass is 408 g/mol. The van der Waals surface area contributed by atoms with Gasteiger partial charge in [-0.1, -0.05) is 29.8 Å². The molecule has 160 valence electrons. The highest BCUT2D eigenvalue weighted by Gasteiger charge is 2.21. The number of amides is 3. The summed E-state index contributed by atoms with van der Waals surface area (Å²) in [6.45, 7) is 10.9. The average Bonchev–Trinajstić information content (AvgIpc) is 2.67. The molecule has 0 aliphatic carbocycles. The minimum absolute atomic E-state index is 0.185. The molecule has 0 saturated carbocycles. The van der Waals surface area contributed by atoms with Crippen LogP contribution in [0.25, 0.3) is 0 Å². The minimum Gasteiger partial charge on any atom is -0.368 e. The van der Waals surface area contributed by atoms with Crippen LogP contribution in [0.3, 0.4) is 0 Å². The van der Waals surface area contributed by atoms with Crippen LogP contribution in [0.15, 0.2) is 48.5 Å². The van der Waals surface area contributed by atoms with E-state index in [1.165, 1.54) is 5.56 Å². The molecule has 0 unspecified atom stereocenters. The molecular formula is C24H32N4O2. The molecule has 2 aromatic carbocycles. The summed E-state index contributed by atoms with van der Waals surface area (Å²) in [7, 11) is 0. The summed E-state index contributed by atoms with van der Waals surface area (Å²) in [4.78, 5) is 28.8. The molecule has 1 heterocycles. The van der Waals surface area contributed by atoms with Gasteiger partial charge < -0.3 is 20.4 Å². The van der Waals surface area contributed by atoms with Crippen LogP contribution >= 0.6 is 0 Å². The van der Waals surface area contributed by atoms with Gasteiger partial charge in [0.2, 0.25) is 5.91 Å². The standard InChI is InChI=1S/C24H32N4O2/c1-18-6-5-7-19(16-18)17-22(29)28-14-12-27(13-15-28)21-10-8-20(9-11-21)25-23(30)26-24(2,3)4/h5-11,16H,12-15,17H2,1-4H3,(H2,25,26,30). The summed E-state index contributed by atoms with van der Waals surface area (Å²) in [5, 5.41) is 5.74. The third-order valence-electron chi connectivity index (χ3n) is 5.05. The number of urea groups is 1. The van der Waals surface area contributed by atoms with Crippen LogP contribution in [0.2, 0.25) is 0 Å². The van der Waals surface area contributed by atoms with Gasteiger partial charge in [-0.15, -0.1) is 0 Å². The number of aryl methyl sites for hydroxylation is 1. The van der Waals surface area contributed by atoms with E-state index in [2.05, 4.69) is 21.6 Å². The molecule has 0 radical (unpaired) electrons. The molecule has 6 nitrogen and oxygen atoms in total. The molecule has 3 rings (SSSR count). The van der Waals surface area contributed by atoms with E-state index >= 15 is 0 Å². The zero-order valence-corrected chi connectivity index (χ0v) is 18.4. The van der Waals surface area contributed by atoms with Crippen molar-refractivity contribution in [3.8, 4) is 0 Å². The highest BCUT2D eigenvalue weighted by Crippen LogP contribution is 2.20. The Labute approximate surface area is 179 Å². The average molecular weight is 409 g/mol. The molecule has 1 aliphatic heterocycles. The van der Waals surface area contributed by atoms with Crippen LogP contribution in [0, 0.1) is 6.92 Å². The van der Waals surface area contributed by atoms with Gasteiger partial charge in [0, 0.05) is 43.1 Å². The van der Waals surface area contributed by atoms with E-state index in [1.807, 2.05) is 75.1 Å². The maximum Gasteiger partial charge on any atom is 0.319 e. The number of hydrogen-bond acceptors (Lipinski definition) is 3. The topological polar surface area (TPSA) is 64.7 Å². The molecule has 2 aromatic rings. The molecule has 1 fully saturated rings. The van der Waals surface area contributed by atoms with Crippen molar-refractivity contribution in [1.29, 1.82) is 0 Å². The van der Waals surface area contributed by atoms with Gasteiger partial charge in [0.05, 0.1) is 6.42 Å². The maximum atomic E-state index is 12.6. The van der Waals surface area contributed by atoms with Gasteiger partial charge in [0.1, 0.15) is 0 Å². The van der Waals surface area contributed by atoms with Gasteiger partial charge in [-0.3, -0.25) is 4.79 Å². The molecule has 2 N–H and O–H groups in total. The Bertz CT molecular complexity index is 879. The van der Waals surface area contributed by atoms with Gasteiger partial charge in [0.25, 0.3) is 0 Å². The minimum atomic E-state index is -0.277. The van der Waals surface area contributed by atoms with Crippen LogP contribution in [-0.4, -0.2) is 48.6 Å². The number of benzene rings is 2. The first kappa shape index (κ1) is 21.7. The number of carbonyl (C=O) groups excluding carboxylic acids is 2. The van der Waals surface area contributed by atoms with Crippen LogP contribution in [0.5, 0.6) is 0 Å². The van der Waals surface area contributed by atoms with E-state index in [-0.39, 0.29) is 17.5 Å². The number of piperazine rings is 1. The number of nitrogens with zero attached hydrogens (tertiary/aromatic N) is 2. The molecular weight excluding hydrogens is 376 g/mol. The molecule has 0 aromatic heterocycles. The van der Waals surface area contributed by atoms with Crippen LogP contribution in [-0.2, 0) is 11.2 Å². The highest BCUT2D eigenvalue weighted by atomic mass is 16.2. The second-order valence-electron chi connectivity index (χ2n) is 8.91. The molecule has 30 heavy (non-hydrogen) atoms. The Morgan fingerprint density at radius 3 is 2.23 bits per heavy atom. The SMILES string of the molecule is Cc1cccc(CC(=O)N2CCN(c3ccc(NC(=O)NC(C)(C)C)cc3)CC2)c1. The molecule has 1 aliphatic rings. The summed E-state index contributed by atoms with van der Waals surface area (Å²) in [6.07, 6.45) is 0.457. The third-order valence-corrected chi connectivity index (χ3v) is 5.05. The lowest BCUT2D eigenvalue weighted by Crippen LogP contribution is -2.49. The maximum absolute atomic E-state index is 12.6. The van der Waals surface area contributed by atoms with Crippen LogP contribution in [0.4, 0.5) is 16.2 Å². The van der Waals surface area contributed by atoms with Gasteiger partial charge >= 0.3 is 6.03 Å². The van der Waals surface area contributed by atoms with Crippen molar-refractivity contribution < 1.29 is 9.59 Å². The van der Waals surface area contributed by atoms with Crippen molar-refractivity contribution in [3.63, 3.8) is 0 Å². The van der Waals surface area contributed by atoms with Gasteiger partial charge in [-0.2, -0.15) is 0 Å². The Morgan fingerprint density at radius 1 is 0.967 bits per heavy atom. The number of carbonyl (C=O) groups is 2. The fourth-order valence-corrected chi connectivity index (χ4v) is 3.58. The molecule has 0 bridgehead atoms. The molecule has 0 atom stereocenters. The zero-order chi connectivity index (χ0) is 21.7. The first-order chi connectivity index (χ1) is 14.2. The number of hydrogen-bond donors (Lipinski definition) is 2. The number of nitrogens with one attached hydrogen (secondary N) is 2. The number of rotatable bonds is 4. The van der Waals surface area contributed by atoms with E-state index in [1.54, 1.807) is 0 Å². The van der Waals surface area contributed by atoms with Crippen molar-refractivity contribution >= 4 is 23.3 Å². The van der Waals surface area contributed by atoms with Crippen molar-refractivity contribution in [2.45, 2.75) is 39.7 Å². The summed E-state index contributed by atoms with van der Waals surface area (Å²) < 4.78 is 0. The van der Waals surface area contributed by atoms with E-state index in [0.717, 1.165) is 43.1 Å². The highest BCUT2D eigenvalue weighted by molar-refractivity contribution is 5.89. The van der Waals surface area contributed by atoms with Crippen molar-refractivity contribution in [2.75, 3.05) is 36.4 Å². The summed E-state index contributed by atoms with van der Waals surface area (Å²) in [5.74, 6) is 0.185. The predicted octanol–water partition coefficient (Wildman–Crippen LogP) is 3.81. The van der Waals surface area contributed by atoms with Crippen molar-refractivity contribution in [3.05, 3.63) is 59.7 Å². The van der Waals surface area contributed by atoms with Gasteiger partial charge in [0.15, 0.2) is 0 Å². The first-order valence-corrected chi connectivity index (χ1v) is 10.5. The Balaban J connectivity index is 1.50. The van der Waals surface area contributed by atoms with E-state index in [4.69, 9.17) is 0 Å². The summed E-state index contributed by atoms with van der Waals surface area (Å²) in [6, 6.07) is 15.8. The lowest BCUT2D eigenvalue weighted by molar-refractivity contribution is -0.130. The van der Waals surface area contributed by atoms with E-state index in [0.29, 0.717) is 6.42 Å². The summed E-state index contributed by atoms with van der Waals surface area (Å²) in [5.41, 5.74) is 3.83. The largest absolute Gasteiger partial charge is 0.368 e. The summed E-state index contributed by atoms with van der Waals surface area (Å²) >= 11 is 0. The van der Waals surface area contributed by atoms with Gasteiger partial charge in [-0.25, -0.2) is 4.79 Å². The van der Waals surface area contributed by atoms with Crippen molar-refractivity contribution in [1.82, 2.24) is 10.2 Å². The lowest BCUT2D eigenvalue weighted by atomic mass is 10.1. The van der Waals surface area contributed by atoms with Gasteiger partial charge in [-0.05, 0) is 57.5 Å². The predicted molar refractivity (Wildman–Crippen MR) is 122 cm³/mol. The smallest absolute Gasteiger partial charge is 0.319 e. The van der Waals surface area contributed by atoms with E-state index < -0.39 is 0 Å². The second-order valence-corrected chi connectivity index (χ2v) is 8.91. The zero-order valence-electron chi connectivity index (χ0n) is 18.4. The van der Waals surface area contributed by atoms with E-state index in [9.17, 15) is 9.59 Å². The third kappa shape index (κ3) is 6.24. The Kier molecular flexibility index (Phi) is 6.65. The first-order valence-electron chi connectivity index (χ1n) is 10.5. The van der Waals surface area contributed by atoms with Crippen LogP contribution < -0.4 is 15.5 Å². The molecule has 0 spiro atoms. The Morgan fingerprint density at radius 2 is 1.63 bits per heavy atom. The fourth-order valence-electron chi connectivity index (χ4n) is 3.58. The van der Waals surface area contributed by atoms with Crippen molar-refractivity contribution in [2.24, 2.45) is 0 Å². The molecule has 1 saturated heterocycles. The Hall–Kier alpha value is -3.02. The molecule has 3 amide bonds. The lowest BCUT2D eigenvalue weighted by Gasteiger charge is -2.36. The normalized spacial score (nSPS) is 14.4. The number of anilines is 2. The van der Waals surface area contributed by atoms with Crippen LogP contribution in [0.1, 0.15) is 31.9 Å².